The smallest absolute Gasteiger partial charge is 0.123 e. The minimum Gasteiger partial charge on any atom is -0.491 e. The molecule has 0 amide bonds. The lowest BCUT2D eigenvalue weighted by Gasteiger charge is -2.22. The molecule has 18 heavy (non-hydrogen) atoms. The van der Waals surface area contributed by atoms with Crippen LogP contribution in [-0.4, -0.2) is 33.5 Å². The van der Waals surface area contributed by atoms with Gasteiger partial charge in [-0.05, 0) is 17.0 Å². The third-order valence-corrected chi connectivity index (χ3v) is 2.61. The van der Waals surface area contributed by atoms with Gasteiger partial charge >= 0.3 is 0 Å². The van der Waals surface area contributed by atoms with Crippen LogP contribution >= 0.6 is 0 Å². The van der Waals surface area contributed by atoms with E-state index < -0.39 is 0 Å². The van der Waals surface area contributed by atoms with Crippen LogP contribution in [0.15, 0.2) is 24.3 Å². The van der Waals surface area contributed by atoms with E-state index in [1.54, 1.807) is 7.11 Å². The molecule has 0 unspecified atom stereocenters. The summed E-state index contributed by atoms with van der Waals surface area (Å²) in [6, 6.07) is 8.16. The van der Waals surface area contributed by atoms with Gasteiger partial charge in [0.15, 0.2) is 0 Å². The molecule has 0 spiro atoms. The van der Waals surface area contributed by atoms with Crippen LogP contribution in [0.4, 0.5) is 0 Å². The van der Waals surface area contributed by atoms with Gasteiger partial charge in [0.2, 0.25) is 0 Å². The highest BCUT2D eigenvalue weighted by atomic mass is 16.5. The highest BCUT2D eigenvalue weighted by Crippen LogP contribution is 2.30. The lowest BCUT2D eigenvalue weighted by atomic mass is 9.86. The summed E-state index contributed by atoms with van der Waals surface area (Å²) in [5.74, 6) is 0.945. The first kappa shape index (κ1) is 15.0. The predicted molar refractivity (Wildman–Crippen MR) is 73.3 cm³/mol. The molecule has 1 rings (SSSR count). The molecule has 0 fully saturated rings. The van der Waals surface area contributed by atoms with Crippen molar-refractivity contribution in [2.45, 2.75) is 26.2 Å². The molecule has 0 radical (unpaired) electrons. The summed E-state index contributed by atoms with van der Waals surface area (Å²) >= 11 is 0. The van der Waals surface area contributed by atoms with Crippen molar-refractivity contribution >= 4 is 0 Å². The first-order valence-corrected chi connectivity index (χ1v) is 6.34. The molecule has 102 valence electrons. The van der Waals surface area contributed by atoms with E-state index in [4.69, 9.17) is 14.2 Å². The summed E-state index contributed by atoms with van der Waals surface area (Å²) in [7, 11) is 1.67. The zero-order valence-corrected chi connectivity index (χ0v) is 11.9. The van der Waals surface area contributed by atoms with Gasteiger partial charge in [-0.2, -0.15) is 0 Å². The van der Waals surface area contributed by atoms with E-state index in [0.717, 1.165) is 5.75 Å². The molecule has 0 atom stereocenters. The second-order valence-corrected chi connectivity index (χ2v) is 5.20. The van der Waals surface area contributed by atoms with Gasteiger partial charge in [0.1, 0.15) is 12.4 Å². The Labute approximate surface area is 110 Å². The zero-order valence-electron chi connectivity index (χ0n) is 11.9. The van der Waals surface area contributed by atoms with Gasteiger partial charge in [-0.15, -0.1) is 0 Å². The van der Waals surface area contributed by atoms with Crippen molar-refractivity contribution in [1.82, 2.24) is 0 Å². The van der Waals surface area contributed by atoms with Crippen LogP contribution < -0.4 is 4.74 Å². The van der Waals surface area contributed by atoms with Gasteiger partial charge in [-0.25, -0.2) is 0 Å². The molecule has 0 aliphatic rings. The normalized spacial score (nSPS) is 11.6. The number of rotatable bonds is 7. The fourth-order valence-corrected chi connectivity index (χ4v) is 1.67. The largest absolute Gasteiger partial charge is 0.491 e. The molecule has 1 aromatic carbocycles. The molecule has 0 aliphatic heterocycles. The molecule has 3 heteroatoms. The fraction of sp³-hybridized carbons (Fsp3) is 0.600. The number of ether oxygens (including phenoxy) is 3. The number of benzene rings is 1. The van der Waals surface area contributed by atoms with E-state index in [2.05, 4.69) is 26.8 Å². The van der Waals surface area contributed by atoms with Crippen molar-refractivity contribution in [3.63, 3.8) is 0 Å². The Morgan fingerprint density at radius 1 is 0.944 bits per heavy atom. The van der Waals surface area contributed by atoms with Crippen molar-refractivity contribution in [3.8, 4) is 5.75 Å². The van der Waals surface area contributed by atoms with E-state index in [9.17, 15) is 0 Å². The van der Waals surface area contributed by atoms with Gasteiger partial charge < -0.3 is 14.2 Å². The minimum atomic E-state index is 0.0908. The third kappa shape index (κ3) is 5.07. The Morgan fingerprint density at radius 2 is 1.61 bits per heavy atom. The SMILES string of the molecule is COCCOCCOc1ccccc1C(C)(C)C. The summed E-state index contributed by atoms with van der Waals surface area (Å²) in [5, 5.41) is 0. The molecule has 0 saturated carbocycles. The summed E-state index contributed by atoms with van der Waals surface area (Å²) in [6.07, 6.45) is 0. The Bertz CT molecular complexity index is 342. The maximum atomic E-state index is 5.78. The molecule has 0 aromatic heterocycles. The minimum absolute atomic E-state index is 0.0908. The number of para-hydroxylation sites is 1. The molecule has 0 N–H and O–H groups in total. The maximum absolute atomic E-state index is 5.78. The molecule has 0 aliphatic carbocycles. The standard InChI is InChI=1S/C15H24O3/c1-15(2,3)13-7-5-6-8-14(13)18-12-11-17-10-9-16-4/h5-8H,9-12H2,1-4H3. The number of methoxy groups -OCH3 is 1. The zero-order chi connectivity index (χ0) is 13.4. The van der Waals surface area contributed by atoms with Crippen molar-refractivity contribution in [2.24, 2.45) is 0 Å². The van der Waals surface area contributed by atoms with Gasteiger partial charge in [-0.1, -0.05) is 39.0 Å². The topological polar surface area (TPSA) is 27.7 Å². The predicted octanol–water partition coefficient (Wildman–Crippen LogP) is 3.03. The van der Waals surface area contributed by atoms with Crippen molar-refractivity contribution in [1.29, 1.82) is 0 Å². The van der Waals surface area contributed by atoms with Gasteiger partial charge in [-0.3, -0.25) is 0 Å². The van der Waals surface area contributed by atoms with E-state index >= 15 is 0 Å². The third-order valence-electron chi connectivity index (χ3n) is 2.61. The van der Waals surface area contributed by atoms with Crippen LogP contribution in [0.1, 0.15) is 26.3 Å². The summed E-state index contributed by atoms with van der Waals surface area (Å²) in [5.41, 5.74) is 1.31. The maximum Gasteiger partial charge on any atom is 0.123 e. The molecule has 1 aromatic rings. The Balaban J connectivity index is 2.43. The average molecular weight is 252 g/mol. The molecular formula is C15H24O3. The quantitative estimate of drug-likeness (QED) is 0.698. The summed E-state index contributed by atoms with van der Waals surface area (Å²) in [4.78, 5) is 0. The first-order chi connectivity index (χ1) is 8.55. The van der Waals surface area contributed by atoms with Gasteiger partial charge in [0, 0.05) is 7.11 Å². The van der Waals surface area contributed by atoms with Crippen LogP contribution in [-0.2, 0) is 14.9 Å². The lowest BCUT2D eigenvalue weighted by molar-refractivity contribution is 0.0541. The first-order valence-electron chi connectivity index (χ1n) is 6.34. The monoisotopic (exact) mass is 252 g/mol. The Morgan fingerprint density at radius 3 is 2.28 bits per heavy atom. The van der Waals surface area contributed by atoms with Crippen molar-refractivity contribution < 1.29 is 14.2 Å². The second kappa shape index (κ2) is 7.39. The van der Waals surface area contributed by atoms with Crippen LogP contribution in [0.5, 0.6) is 5.75 Å². The highest BCUT2D eigenvalue weighted by molar-refractivity contribution is 5.38. The molecule has 0 heterocycles. The number of hydrogen-bond acceptors (Lipinski definition) is 3. The number of hydrogen-bond donors (Lipinski definition) is 0. The Kier molecular flexibility index (Phi) is 6.16. The molecule has 0 bridgehead atoms. The lowest BCUT2D eigenvalue weighted by Crippen LogP contribution is -2.15. The average Bonchev–Trinajstić information content (AvgIpc) is 2.33. The van der Waals surface area contributed by atoms with Crippen LogP contribution in [0.25, 0.3) is 0 Å². The van der Waals surface area contributed by atoms with Crippen molar-refractivity contribution in [3.05, 3.63) is 29.8 Å². The molecule has 0 saturated heterocycles. The van der Waals surface area contributed by atoms with E-state index in [0.29, 0.717) is 26.4 Å². The van der Waals surface area contributed by atoms with E-state index in [1.165, 1.54) is 5.56 Å². The van der Waals surface area contributed by atoms with E-state index in [1.807, 2.05) is 18.2 Å². The van der Waals surface area contributed by atoms with Crippen LogP contribution in [0.2, 0.25) is 0 Å². The van der Waals surface area contributed by atoms with E-state index in [-0.39, 0.29) is 5.41 Å². The van der Waals surface area contributed by atoms with Crippen LogP contribution in [0.3, 0.4) is 0 Å². The molecular weight excluding hydrogens is 228 g/mol. The fourth-order valence-electron chi connectivity index (χ4n) is 1.67. The summed E-state index contributed by atoms with van der Waals surface area (Å²) in [6.45, 7) is 8.94. The Hall–Kier alpha value is -1.06. The second-order valence-electron chi connectivity index (χ2n) is 5.20. The summed E-state index contributed by atoms with van der Waals surface area (Å²) < 4.78 is 16.1. The van der Waals surface area contributed by atoms with Crippen LogP contribution in [0, 0.1) is 0 Å². The molecule has 3 nitrogen and oxygen atoms in total. The van der Waals surface area contributed by atoms with Crippen molar-refractivity contribution in [2.75, 3.05) is 33.5 Å². The highest BCUT2D eigenvalue weighted by Gasteiger charge is 2.18. The van der Waals surface area contributed by atoms with Gasteiger partial charge in [0.25, 0.3) is 0 Å². The van der Waals surface area contributed by atoms with Gasteiger partial charge in [0.05, 0.1) is 19.8 Å².